The van der Waals surface area contributed by atoms with Crippen LogP contribution in [-0.2, 0) is 21.3 Å². The molecule has 1 saturated heterocycles. The van der Waals surface area contributed by atoms with Crippen molar-refractivity contribution in [3.8, 4) is 0 Å². The Morgan fingerprint density at radius 1 is 1.58 bits per heavy atom. The van der Waals surface area contributed by atoms with Crippen LogP contribution in [0.3, 0.4) is 0 Å². The number of nitrogens with zero attached hydrogens (tertiary/aromatic N) is 1. The molecule has 1 atom stereocenters. The van der Waals surface area contributed by atoms with E-state index in [1.165, 1.54) is 15.6 Å². The minimum absolute atomic E-state index is 0.252. The molecule has 7 heteroatoms. The van der Waals surface area contributed by atoms with E-state index >= 15 is 0 Å². The first-order valence-electron chi connectivity index (χ1n) is 6.25. The van der Waals surface area contributed by atoms with E-state index in [0.717, 1.165) is 12.8 Å². The van der Waals surface area contributed by atoms with Gasteiger partial charge in [0.15, 0.2) is 0 Å². The van der Waals surface area contributed by atoms with Crippen molar-refractivity contribution in [3.63, 3.8) is 0 Å². The van der Waals surface area contributed by atoms with Gasteiger partial charge in [0.1, 0.15) is 0 Å². The predicted octanol–water partition coefficient (Wildman–Crippen LogP) is 1.40. The highest BCUT2D eigenvalue weighted by Gasteiger charge is 2.37. The summed E-state index contributed by atoms with van der Waals surface area (Å²) in [6.07, 6.45) is 1.69. The van der Waals surface area contributed by atoms with Crippen molar-refractivity contribution in [2.75, 3.05) is 20.2 Å². The number of ether oxygens (including phenoxy) is 1. The summed E-state index contributed by atoms with van der Waals surface area (Å²) in [5.41, 5.74) is 5.20. The molecule has 0 saturated carbocycles. The summed E-state index contributed by atoms with van der Waals surface area (Å²) < 4.78 is 32.3. The summed E-state index contributed by atoms with van der Waals surface area (Å²) in [5, 5.41) is 1.77. The zero-order valence-corrected chi connectivity index (χ0v) is 12.9. The molecule has 19 heavy (non-hydrogen) atoms. The van der Waals surface area contributed by atoms with Crippen molar-refractivity contribution in [3.05, 3.63) is 16.3 Å². The van der Waals surface area contributed by atoms with Crippen LogP contribution < -0.4 is 5.73 Å². The number of thiophene rings is 1. The predicted molar refractivity (Wildman–Crippen MR) is 75.6 cm³/mol. The van der Waals surface area contributed by atoms with Gasteiger partial charge in [-0.25, -0.2) is 8.42 Å². The van der Waals surface area contributed by atoms with Gasteiger partial charge in [-0.2, -0.15) is 4.31 Å². The maximum absolute atomic E-state index is 12.7. The first kappa shape index (κ1) is 14.9. The van der Waals surface area contributed by atoms with Gasteiger partial charge in [-0.05, 0) is 31.2 Å². The number of sulfonamides is 1. The minimum Gasteiger partial charge on any atom is -0.377 e. The SMILES string of the molecule is COC1(C)CCCN(S(=O)(=O)c2ccsc2CN)C1. The van der Waals surface area contributed by atoms with E-state index in [1.807, 2.05) is 6.92 Å². The maximum atomic E-state index is 12.7. The molecule has 108 valence electrons. The molecule has 1 aliphatic heterocycles. The van der Waals surface area contributed by atoms with Crippen LogP contribution in [0.1, 0.15) is 24.6 Å². The molecule has 1 aromatic rings. The topological polar surface area (TPSA) is 72.6 Å². The molecule has 0 aliphatic carbocycles. The lowest BCUT2D eigenvalue weighted by atomic mass is 9.96. The zero-order chi connectivity index (χ0) is 14.1. The summed E-state index contributed by atoms with van der Waals surface area (Å²) in [4.78, 5) is 1.06. The lowest BCUT2D eigenvalue weighted by molar-refractivity contribution is -0.0319. The van der Waals surface area contributed by atoms with Crippen LogP contribution in [0.25, 0.3) is 0 Å². The lowest BCUT2D eigenvalue weighted by Gasteiger charge is -2.38. The molecule has 2 heterocycles. The van der Waals surface area contributed by atoms with Crippen LogP contribution >= 0.6 is 11.3 Å². The average Bonchev–Trinajstić information content (AvgIpc) is 2.88. The van der Waals surface area contributed by atoms with Gasteiger partial charge >= 0.3 is 0 Å². The van der Waals surface area contributed by atoms with Crippen LogP contribution in [0.5, 0.6) is 0 Å². The number of hydrogen-bond acceptors (Lipinski definition) is 5. The third-order valence-corrected chi connectivity index (χ3v) is 6.63. The summed E-state index contributed by atoms with van der Waals surface area (Å²) in [6.45, 7) is 3.14. The van der Waals surface area contributed by atoms with E-state index in [1.54, 1.807) is 18.6 Å². The molecule has 2 rings (SSSR count). The summed E-state index contributed by atoms with van der Waals surface area (Å²) >= 11 is 1.38. The normalized spacial score (nSPS) is 25.6. The minimum atomic E-state index is -3.46. The Bertz CT molecular complexity index is 541. The Kier molecular flexibility index (Phi) is 4.32. The molecule has 1 unspecified atom stereocenters. The smallest absolute Gasteiger partial charge is 0.244 e. The maximum Gasteiger partial charge on any atom is 0.244 e. The molecule has 2 N–H and O–H groups in total. The van der Waals surface area contributed by atoms with Gasteiger partial charge in [0.25, 0.3) is 0 Å². The lowest BCUT2D eigenvalue weighted by Crippen LogP contribution is -2.49. The molecule has 0 aromatic carbocycles. The number of piperidine rings is 1. The number of hydrogen-bond donors (Lipinski definition) is 1. The quantitative estimate of drug-likeness (QED) is 0.912. The van der Waals surface area contributed by atoms with Gasteiger partial charge in [-0.3, -0.25) is 0 Å². The van der Waals surface area contributed by atoms with Crippen LogP contribution in [0, 0.1) is 0 Å². The van der Waals surface area contributed by atoms with Crippen LogP contribution in [0.15, 0.2) is 16.3 Å². The van der Waals surface area contributed by atoms with E-state index in [4.69, 9.17) is 10.5 Å². The van der Waals surface area contributed by atoms with Gasteiger partial charge in [0, 0.05) is 31.6 Å². The fourth-order valence-corrected chi connectivity index (χ4v) is 5.28. The van der Waals surface area contributed by atoms with Gasteiger partial charge in [-0.15, -0.1) is 11.3 Å². The van der Waals surface area contributed by atoms with Gasteiger partial charge in [0.2, 0.25) is 10.0 Å². The highest BCUT2D eigenvalue weighted by atomic mass is 32.2. The highest BCUT2D eigenvalue weighted by Crippen LogP contribution is 2.31. The Balaban J connectivity index is 2.30. The van der Waals surface area contributed by atoms with Crippen LogP contribution in [0.4, 0.5) is 0 Å². The summed E-state index contributed by atoms with van der Waals surface area (Å²) in [7, 11) is -1.83. The number of methoxy groups -OCH3 is 1. The molecule has 0 spiro atoms. The van der Waals surface area contributed by atoms with Gasteiger partial charge in [0.05, 0.1) is 10.5 Å². The van der Waals surface area contributed by atoms with Crippen LogP contribution in [0.2, 0.25) is 0 Å². The summed E-state index contributed by atoms with van der Waals surface area (Å²) in [6, 6.07) is 1.64. The number of nitrogens with two attached hydrogens (primary N) is 1. The largest absolute Gasteiger partial charge is 0.377 e. The molecule has 1 aliphatic rings. The second-order valence-corrected chi connectivity index (χ2v) is 7.92. The molecule has 1 fully saturated rings. The number of rotatable bonds is 4. The van der Waals surface area contributed by atoms with E-state index < -0.39 is 15.6 Å². The monoisotopic (exact) mass is 304 g/mol. The first-order valence-corrected chi connectivity index (χ1v) is 8.57. The molecular weight excluding hydrogens is 284 g/mol. The van der Waals surface area contributed by atoms with Crippen LogP contribution in [-0.4, -0.2) is 38.5 Å². The van der Waals surface area contributed by atoms with Crippen molar-refractivity contribution >= 4 is 21.4 Å². The van der Waals surface area contributed by atoms with Crippen molar-refractivity contribution in [1.29, 1.82) is 0 Å². The van der Waals surface area contributed by atoms with E-state index in [-0.39, 0.29) is 6.54 Å². The van der Waals surface area contributed by atoms with Gasteiger partial charge in [-0.1, -0.05) is 0 Å². The Hall–Kier alpha value is -0.470. The van der Waals surface area contributed by atoms with Crippen molar-refractivity contribution < 1.29 is 13.2 Å². The Morgan fingerprint density at radius 3 is 2.95 bits per heavy atom. The van der Waals surface area contributed by atoms with E-state index in [9.17, 15) is 8.42 Å². The second-order valence-electron chi connectivity index (χ2n) is 5.01. The average molecular weight is 304 g/mol. The molecule has 1 aromatic heterocycles. The fraction of sp³-hybridized carbons (Fsp3) is 0.667. The van der Waals surface area contributed by atoms with Crippen molar-refractivity contribution in [1.82, 2.24) is 4.31 Å². The third kappa shape index (κ3) is 2.85. The second kappa shape index (κ2) is 5.49. The Labute approximate surface area is 118 Å². The van der Waals surface area contributed by atoms with E-state index in [2.05, 4.69) is 0 Å². The third-order valence-electron chi connectivity index (χ3n) is 3.62. The standard InChI is InChI=1S/C12H20N2O3S2/c1-12(17-2)5-3-6-14(9-12)19(15,16)11-4-7-18-10(11)8-13/h4,7H,3,5-6,8-9,13H2,1-2H3. The van der Waals surface area contributed by atoms with E-state index in [0.29, 0.717) is 22.9 Å². The molecule has 5 nitrogen and oxygen atoms in total. The molecule has 0 radical (unpaired) electrons. The highest BCUT2D eigenvalue weighted by molar-refractivity contribution is 7.89. The Morgan fingerprint density at radius 2 is 2.32 bits per heavy atom. The summed E-state index contributed by atoms with van der Waals surface area (Å²) in [5.74, 6) is 0. The molecule has 0 bridgehead atoms. The first-order chi connectivity index (χ1) is 8.93. The molecule has 0 amide bonds. The van der Waals surface area contributed by atoms with Gasteiger partial charge < -0.3 is 10.5 Å². The zero-order valence-electron chi connectivity index (χ0n) is 11.3. The molecular formula is C12H20N2O3S2. The van der Waals surface area contributed by atoms with Crippen molar-refractivity contribution in [2.45, 2.75) is 36.8 Å². The fourth-order valence-electron chi connectivity index (χ4n) is 2.38. The van der Waals surface area contributed by atoms with Crippen molar-refractivity contribution in [2.24, 2.45) is 5.73 Å².